The molecule has 0 heterocycles. The van der Waals surface area contributed by atoms with Crippen molar-refractivity contribution in [3.8, 4) is 0 Å². The molecule has 0 atom stereocenters. The molecule has 0 saturated carbocycles. The summed E-state index contributed by atoms with van der Waals surface area (Å²) in [5.74, 6) is -0.328. The number of rotatable bonds is 3. The molecule has 21 heavy (non-hydrogen) atoms. The van der Waals surface area contributed by atoms with Gasteiger partial charge in [-0.2, -0.15) is 0 Å². The summed E-state index contributed by atoms with van der Waals surface area (Å²) in [7, 11) is -3.83. The molecular weight excluding hydrogens is 427 g/mol. The maximum Gasteiger partial charge on any atom is 0.256 e. The number of hydrogen-bond donors (Lipinski definition) is 2. The molecule has 0 aliphatic heterocycles. The van der Waals surface area contributed by atoms with Crippen molar-refractivity contribution >= 4 is 55.8 Å². The van der Waals surface area contributed by atoms with E-state index >= 15 is 0 Å². The summed E-state index contributed by atoms with van der Waals surface area (Å²) in [5.41, 5.74) is 0.818. The van der Waals surface area contributed by atoms with Crippen LogP contribution in [0.2, 0.25) is 5.02 Å². The zero-order valence-electron chi connectivity index (χ0n) is 10.5. The van der Waals surface area contributed by atoms with Gasteiger partial charge in [0.05, 0.1) is 21.2 Å². The van der Waals surface area contributed by atoms with E-state index in [1.807, 2.05) is 6.07 Å². The Morgan fingerprint density at radius 1 is 1.19 bits per heavy atom. The molecule has 0 fully saturated rings. The average molecular weight is 437 g/mol. The molecule has 0 unspecified atom stereocenters. The van der Waals surface area contributed by atoms with E-state index in [2.05, 4.69) is 27.9 Å². The fourth-order valence-corrected chi connectivity index (χ4v) is 3.07. The lowest BCUT2D eigenvalue weighted by molar-refractivity contribution is 0.102. The highest BCUT2D eigenvalue weighted by Crippen LogP contribution is 2.25. The van der Waals surface area contributed by atoms with Crippen LogP contribution < -0.4 is 10.5 Å². The van der Waals surface area contributed by atoms with Crippen LogP contribution in [0.1, 0.15) is 10.4 Å². The Bertz CT molecular complexity index is 809. The molecular formula is C13H10ClIN2O3S. The van der Waals surface area contributed by atoms with E-state index in [4.69, 9.17) is 16.7 Å². The highest BCUT2D eigenvalue weighted by molar-refractivity contribution is 14.1. The van der Waals surface area contributed by atoms with Crippen LogP contribution >= 0.6 is 34.2 Å². The van der Waals surface area contributed by atoms with Crippen molar-refractivity contribution in [2.24, 2.45) is 5.14 Å². The lowest BCUT2D eigenvalue weighted by Crippen LogP contribution is -2.15. The molecule has 0 aromatic heterocycles. The van der Waals surface area contributed by atoms with E-state index in [0.29, 0.717) is 11.3 Å². The number of nitrogens with one attached hydrogen (secondary N) is 1. The number of sulfonamides is 1. The molecule has 0 aliphatic rings. The largest absolute Gasteiger partial charge is 0.321 e. The van der Waals surface area contributed by atoms with Gasteiger partial charge in [-0.05, 0) is 52.9 Å². The molecule has 0 spiro atoms. The van der Waals surface area contributed by atoms with Gasteiger partial charge in [-0.25, -0.2) is 13.6 Å². The van der Waals surface area contributed by atoms with Gasteiger partial charge in [0.2, 0.25) is 10.0 Å². The molecule has 2 rings (SSSR count). The van der Waals surface area contributed by atoms with Crippen LogP contribution in [0, 0.1) is 3.57 Å². The van der Waals surface area contributed by atoms with Gasteiger partial charge >= 0.3 is 0 Å². The van der Waals surface area contributed by atoms with Crippen molar-refractivity contribution in [3.63, 3.8) is 0 Å². The van der Waals surface area contributed by atoms with Crippen LogP contribution in [0.4, 0.5) is 5.69 Å². The van der Waals surface area contributed by atoms with Gasteiger partial charge in [0.25, 0.3) is 5.91 Å². The fraction of sp³-hybridized carbons (Fsp3) is 0. The zero-order valence-corrected chi connectivity index (χ0v) is 14.2. The van der Waals surface area contributed by atoms with Crippen molar-refractivity contribution in [2.75, 3.05) is 5.32 Å². The zero-order chi connectivity index (χ0) is 15.6. The lowest BCUT2D eigenvalue weighted by Gasteiger charge is -2.09. The molecule has 3 N–H and O–H groups in total. The van der Waals surface area contributed by atoms with E-state index < -0.39 is 10.0 Å². The number of carbonyl (C=O) groups is 1. The Balaban J connectivity index is 2.29. The molecule has 110 valence electrons. The monoisotopic (exact) mass is 436 g/mol. The van der Waals surface area contributed by atoms with Crippen LogP contribution in [0.15, 0.2) is 47.4 Å². The average Bonchev–Trinajstić information content (AvgIpc) is 2.40. The minimum atomic E-state index is -3.83. The summed E-state index contributed by atoms with van der Waals surface area (Å²) in [6.07, 6.45) is 0. The van der Waals surface area contributed by atoms with Crippen molar-refractivity contribution in [3.05, 3.63) is 56.6 Å². The summed E-state index contributed by atoms with van der Waals surface area (Å²) in [4.78, 5) is 12.0. The second-order valence-electron chi connectivity index (χ2n) is 4.12. The molecule has 0 bridgehead atoms. The number of hydrogen-bond acceptors (Lipinski definition) is 3. The van der Waals surface area contributed by atoms with Gasteiger partial charge in [0.1, 0.15) is 0 Å². The Kier molecular flexibility index (Phi) is 4.87. The quantitative estimate of drug-likeness (QED) is 0.725. The van der Waals surface area contributed by atoms with Crippen molar-refractivity contribution in [2.45, 2.75) is 4.90 Å². The van der Waals surface area contributed by atoms with Crippen LogP contribution in [-0.2, 0) is 10.0 Å². The van der Waals surface area contributed by atoms with E-state index in [0.717, 1.165) is 3.57 Å². The van der Waals surface area contributed by atoms with E-state index in [9.17, 15) is 13.2 Å². The smallest absolute Gasteiger partial charge is 0.256 e. The number of nitrogens with two attached hydrogens (primary N) is 1. The maximum atomic E-state index is 12.2. The van der Waals surface area contributed by atoms with Gasteiger partial charge in [0.15, 0.2) is 0 Å². The second-order valence-corrected chi connectivity index (χ2v) is 7.25. The van der Waals surface area contributed by atoms with Gasteiger partial charge < -0.3 is 5.32 Å². The predicted molar refractivity (Wildman–Crippen MR) is 89.9 cm³/mol. The molecule has 0 radical (unpaired) electrons. The summed E-state index contributed by atoms with van der Waals surface area (Å²) in [6, 6.07) is 10.9. The summed E-state index contributed by atoms with van der Waals surface area (Å²) in [5, 5.41) is 7.75. The number of anilines is 1. The van der Waals surface area contributed by atoms with Crippen LogP contribution in [0.3, 0.4) is 0 Å². The normalized spacial score (nSPS) is 11.2. The maximum absolute atomic E-state index is 12.2. The van der Waals surface area contributed by atoms with E-state index in [1.165, 1.54) is 18.2 Å². The molecule has 8 heteroatoms. The van der Waals surface area contributed by atoms with Crippen molar-refractivity contribution in [1.29, 1.82) is 0 Å². The summed E-state index contributed by atoms with van der Waals surface area (Å²) in [6.45, 7) is 0. The minimum absolute atomic E-state index is 0.0980. The number of halogens is 2. The number of amides is 1. The van der Waals surface area contributed by atoms with Gasteiger partial charge in [-0.1, -0.05) is 23.7 Å². The van der Waals surface area contributed by atoms with E-state index in [1.54, 1.807) is 18.2 Å². The third-order valence-electron chi connectivity index (χ3n) is 2.64. The molecule has 1 amide bonds. The molecule has 0 aliphatic carbocycles. The first kappa shape index (κ1) is 16.2. The van der Waals surface area contributed by atoms with Crippen molar-refractivity contribution < 1.29 is 13.2 Å². The second kappa shape index (κ2) is 6.30. The Morgan fingerprint density at radius 3 is 2.43 bits per heavy atom. The number of primary sulfonamides is 1. The minimum Gasteiger partial charge on any atom is -0.321 e. The Morgan fingerprint density at radius 2 is 1.86 bits per heavy atom. The van der Waals surface area contributed by atoms with Gasteiger partial charge in [-0.15, -0.1) is 0 Å². The first-order chi connectivity index (χ1) is 9.79. The summed E-state index contributed by atoms with van der Waals surface area (Å²) >= 11 is 8.02. The van der Waals surface area contributed by atoms with Crippen LogP contribution in [0.5, 0.6) is 0 Å². The third-order valence-corrected chi connectivity index (χ3v) is 4.80. The highest BCUT2D eigenvalue weighted by Gasteiger charge is 2.14. The molecule has 2 aromatic rings. The van der Waals surface area contributed by atoms with Crippen LogP contribution in [0.25, 0.3) is 0 Å². The predicted octanol–water partition coefficient (Wildman–Crippen LogP) is 2.84. The number of benzene rings is 2. The third kappa shape index (κ3) is 3.94. The topological polar surface area (TPSA) is 89.3 Å². The summed E-state index contributed by atoms with van der Waals surface area (Å²) < 4.78 is 23.2. The lowest BCUT2D eigenvalue weighted by atomic mass is 10.2. The Hall–Kier alpha value is -1.16. The number of carbonyl (C=O) groups excluding carboxylic acids is 1. The van der Waals surface area contributed by atoms with Crippen LogP contribution in [-0.4, -0.2) is 14.3 Å². The van der Waals surface area contributed by atoms with Gasteiger partial charge in [0, 0.05) is 3.57 Å². The molecule has 5 nitrogen and oxygen atoms in total. The van der Waals surface area contributed by atoms with E-state index in [-0.39, 0.29) is 15.8 Å². The van der Waals surface area contributed by atoms with Crippen molar-refractivity contribution in [1.82, 2.24) is 0 Å². The first-order valence-corrected chi connectivity index (χ1v) is 8.67. The molecule has 2 aromatic carbocycles. The molecule has 0 saturated heterocycles. The van der Waals surface area contributed by atoms with Gasteiger partial charge in [-0.3, -0.25) is 4.79 Å². The Labute approximate surface area is 140 Å². The fourth-order valence-electron chi connectivity index (χ4n) is 1.61. The SMILES string of the molecule is NS(=O)(=O)c1ccc(NC(=O)c2ccccc2I)c(Cl)c1. The first-order valence-electron chi connectivity index (χ1n) is 5.67. The highest BCUT2D eigenvalue weighted by atomic mass is 127. The standard InChI is InChI=1S/C13H10ClIN2O3S/c14-10-7-8(21(16,19)20)5-6-12(10)17-13(18)9-3-1-2-4-11(9)15/h1-7H,(H,17,18)(H2,16,19,20).